The Labute approximate surface area is 266 Å². The third kappa shape index (κ3) is 9.09. The summed E-state index contributed by atoms with van der Waals surface area (Å²) in [6.45, 7) is 5.45. The first kappa shape index (κ1) is 34.0. The quantitative estimate of drug-likeness (QED) is 0.308. The predicted octanol–water partition coefficient (Wildman–Crippen LogP) is 4.93. The summed E-state index contributed by atoms with van der Waals surface area (Å²) in [6, 6.07) is 12.7. The first-order chi connectivity index (χ1) is 21.1. The SMILES string of the molecule is CCS(=O)(=O)Nc1ccc(Cl)c(N=C2NC(=O)C(=Cc3ccc4nccc(N5CCN(C)CC5)c4c3)S2)c1.O=C(O)C(F)(F)F. The van der Waals surface area contributed by atoms with E-state index in [1.165, 1.54) is 17.8 Å². The van der Waals surface area contributed by atoms with E-state index in [0.29, 0.717) is 26.5 Å². The molecule has 1 aromatic heterocycles. The van der Waals surface area contributed by atoms with Crippen molar-refractivity contribution in [3.63, 3.8) is 0 Å². The molecule has 3 N–H and O–H groups in total. The number of aliphatic imine (C=N–C) groups is 1. The Morgan fingerprint density at radius 3 is 2.51 bits per heavy atom. The van der Waals surface area contributed by atoms with E-state index in [9.17, 15) is 26.4 Å². The zero-order valence-corrected chi connectivity index (χ0v) is 26.3. The summed E-state index contributed by atoms with van der Waals surface area (Å²) in [5, 5.41) is 11.6. The highest BCUT2D eigenvalue weighted by Crippen LogP contribution is 2.34. The number of amides is 1. The Balaban J connectivity index is 0.000000591. The van der Waals surface area contributed by atoms with Crippen molar-refractivity contribution in [2.24, 2.45) is 4.99 Å². The number of carbonyl (C=O) groups excluding carboxylic acids is 1. The number of hydrogen-bond acceptors (Lipinski definition) is 9. The molecule has 0 unspecified atom stereocenters. The number of rotatable bonds is 6. The highest BCUT2D eigenvalue weighted by atomic mass is 35.5. The number of likely N-dealkylation sites (N-methyl/N-ethyl adjacent to an activating group) is 1. The van der Waals surface area contributed by atoms with Crippen molar-refractivity contribution in [1.29, 1.82) is 0 Å². The molecule has 2 saturated heterocycles. The standard InChI is InChI=1S/C26H27ClN6O3S2.C2HF3O2/c1-3-38(35,36)31-18-5-6-20(27)22(16-18)29-26-30-25(34)24(37-26)15-17-4-7-21-19(14-17)23(8-9-28-21)33-12-10-32(2)11-13-33;3-2(4,5)1(6)7/h4-9,14-16,31H,3,10-13H2,1-2H3,(H,29,30,34);(H,6,7). The number of piperazine rings is 1. The van der Waals surface area contributed by atoms with Gasteiger partial charge in [0.25, 0.3) is 5.91 Å². The number of anilines is 2. The van der Waals surface area contributed by atoms with Crippen molar-refractivity contribution in [2.45, 2.75) is 13.1 Å². The average Bonchev–Trinajstić information content (AvgIpc) is 3.32. The number of pyridine rings is 1. The number of carbonyl (C=O) groups is 2. The zero-order valence-electron chi connectivity index (χ0n) is 23.9. The molecule has 0 radical (unpaired) electrons. The lowest BCUT2D eigenvalue weighted by molar-refractivity contribution is -0.192. The van der Waals surface area contributed by atoms with E-state index in [2.05, 4.69) is 42.9 Å². The van der Waals surface area contributed by atoms with Crippen LogP contribution in [0.1, 0.15) is 12.5 Å². The molecule has 0 aliphatic carbocycles. The number of aliphatic carboxylic acids is 1. The maximum absolute atomic E-state index is 12.7. The minimum Gasteiger partial charge on any atom is -0.475 e. The van der Waals surface area contributed by atoms with Gasteiger partial charge in [-0.05, 0) is 73.8 Å². The number of carboxylic acids is 1. The number of alkyl halides is 3. The summed E-state index contributed by atoms with van der Waals surface area (Å²) < 4.78 is 58.1. The molecule has 3 heterocycles. The Hall–Kier alpha value is -3.86. The molecule has 240 valence electrons. The van der Waals surface area contributed by atoms with E-state index < -0.39 is 22.2 Å². The number of amidine groups is 1. The summed E-state index contributed by atoms with van der Waals surface area (Å²) in [5.41, 5.74) is 3.63. The summed E-state index contributed by atoms with van der Waals surface area (Å²) in [7, 11) is -1.31. The summed E-state index contributed by atoms with van der Waals surface area (Å²) in [4.78, 5) is 35.8. The van der Waals surface area contributed by atoms with Crippen LogP contribution in [0.25, 0.3) is 17.0 Å². The molecule has 2 aliphatic rings. The Bertz CT molecular complexity index is 1780. The summed E-state index contributed by atoms with van der Waals surface area (Å²) in [5.74, 6) is -3.08. The summed E-state index contributed by atoms with van der Waals surface area (Å²) in [6.07, 6.45) is -1.42. The lowest BCUT2D eigenvalue weighted by atomic mass is 10.1. The van der Waals surface area contributed by atoms with Crippen molar-refractivity contribution >= 4 is 84.5 Å². The molecule has 0 saturated carbocycles. The molecule has 2 aliphatic heterocycles. The predicted molar refractivity (Wildman–Crippen MR) is 170 cm³/mol. The van der Waals surface area contributed by atoms with Gasteiger partial charge >= 0.3 is 12.1 Å². The van der Waals surface area contributed by atoms with Crippen LogP contribution in [0.3, 0.4) is 0 Å². The highest BCUT2D eigenvalue weighted by molar-refractivity contribution is 8.18. The molecule has 0 spiro atoms. The number of benzene rings is 2. The van der Waals surface area contributed by atoms with Gasteiger partial charge in [-0.25, -0.2) is 18.2 Å². The molecule has 5 rings (SSSR count). The van der Waals surface area contributed by atoms with Gasteiger partial charge in [0, 0.05) is 43.4 Å². The third-order valence-corrected chi connectivity index (χ3v) is 9.14. The van der Waals surface area contributed by atoms with Crippen molar-refractivity contribution in [1.82, 2.24) is 15.2 Å². The summed E-state index contributed by atoms with van der Waals surface area (Å²) >= 11 is 7.49. The monoisotopic (exact) mass is 684 g/mol. The van der Waals surface area contributed by atoms with Gasteiger partial charge in [0.1, 0.15) is 0 Å². The smallest absolute Gasteiger partial charge is 0.475 e. The van der Waals surface area contributed by atoms with E-state index in [1.807, 2.05) is 30.5 Å². The van der Waals surface area contributed by atoms with Crippen molar-refractivity contribution in [2.75, 3.05) is 48.6 Å². The minimum atomic E-state index is -5.08. The fourth-order valence-corrected chi connectivity index (χ4v) is 5.84. The van der Waals surface area contributed by atoms with Gasteiger partial charge in [0.2, 0.25) is 10.0 Å². The fourth-order valence-electron chi connectivity index (χ4n) is 4.22. The van der Waals surface area contributed by atoms with Crippen LogP contribution < -0.4 is 14.9 Å². The number of carboxylic acid groups (broad SMARTS) is 1. The molecular weight excluding hydrogens is 657 g/mol. The normalized spacial score (nSPS) is 17.7. The fraction of sp³-hybridized carbons (Fsp3) is 0.286. The van der Waals surface area contributed by atoms with Crippen LogP contribution in [0.15, 0.2) is 58.6 Å². The number of halogens is 4. The van der Waals surface area contributed by atoms with E-state index in [1.54, 1.807) is 19.1 Å². The molecule has 17 heteroatoms. The largest absolute Gasteiger partial charge is 0.490 e. The van der Waals surface area contributed by atoms with Gasteiger partial charge in [-0.1, -0.05) is 17.7 Å². The van der Waals surface area contributed by atoms with Crippen LogP contribution in [0.5, 0.6) is 0 Å². The number of sulfonamides is 1. The lowest BCUT2D eigenvalue weighted by Gasteiger charge is -2.34. The second-order valence-corrected chi connectivity index (χ2v) is 13.3. The number of thioether (sulfide) groups is 1. The van der Waals surface area contributed by atoms with Crippen molar-refractivity contribution in [3.8, 4) is 0 Å². The third-order valence-electron chi connectivity index (χ3n) is 6.60. The molecule has 2 fully saturated rings. The number of aromatic nitrogens is 1. The minimum absolute atomic E-state index is 0.0543. The van der Waals surface area contributed by atoms with E-state index in [0.717, 1.165) is 48.3 Å². The first-order valence-electron chi connectivity index (χ1n) is 13.4. The molecule has 1 amide bonds. The second-order valence-electron chi connectivity index (χ2n) is 9.85. The van der Waals surface area contributed by atoms with Gasteiger partial charge in [-0.3, -0.25) is 14.5 Å². The van der Waals surface area contributed by atoms with E-state index in [4.69, 9.17) is 21.5 Å². The zero-order chi connectivity index (χ0) is 32.9. The van der Waals surface area contributed by atoms with Crippen LogP contribution in [-0.4, -0.2) is 85.6 Å². The van der Waals surface area contributed by atoms with Gasteiger partial charge in [-0.2, -0.15) is 13.2 Å². The molecule has 0 atom stereocenters. The number of nitrogens with one attached hydrogen (secondary N) is 2. The van der Waals surface area contributed by atoms with Gasteiger partial charge < -0.3 is 20.2 Å². The maximum Gasteiger partial charge on any atom is 0.490 e. The molecule has 11 nitrogen and oxygen atoms in total. The lowest BCUT2D eigenvalue weighted by Crippen LogP contribution is -2.44. The van der Waals surface area contributed by atoms with Gasteiger partial charge in [0.15, 0.2) is 5.17 Å². The van der Waals surface area contributed by atoms with Crippen LogP contribution in [0, 0.1) is 0 Å². The van der Waals surface area contributed by atoms with E-state index >= 15 is 0 Å². The van der Waals surface area contributed by atoms with Crippen LogP contribution >= 0.6 is 23.4 Å². The Morgan fingerprint density at radius 2 is 1.87 bits per heavy atom. The molecule has 3 aromatic rings. The van der Waals surface area contributed by atoms with Crippen molar-refractivity contribution < 1.29 is 36.3 Å². The molecular formula is C28H28ClF3N6O5S2. The van der Waals surface area contributed by atoms with Gasteiger partial charge in [0.05, 0.1) is 32.6 Å². The topological polar surface area (TPSA) is 144 Å². The Kier molecular flexibility index (Phi) is 10.6. The Morgan fingerprint density at radius 1 is 1.18 bits per heavy atom. The average molecular weight is 685 g/mol. The van der Waals surface area contributed by atoms with E-state index in [-0.39, 0.29) is 11.7 Å². The first-order valence-corrected chi connectivity index (χ1v) is 16.2. The molecule has 0 bridgehead atoms. The number of fused-ring (bicyclic) bond motifs is 1. The number of nitrogens with zero attached hydrogens (tertiary/aromatic N) is 4. The molecule has 2 aromatic carbocycles. The molecule has 45 heavy (non-hydrogen) atoms. The number of hydrogen-bond donors (Lipinski definition) is 3. The highest BCUT2D eigenvalue weighted by Gasteiger charge is 2.38. The second kappa shape index (κ2) is 14.1. The maximum atomic E-state index is 12.7. The van der Waals surface area contributed by atoms with Crippen LogP contribution in [0.4, 0.5) is 30.2 Å². The van der Waals surface area contributed by atoms with Crippen molar-refractivity contribution in [3.05, 3.63) is 64.2 Å². The van der Waals surface area contributed by atoms with Crippen LogP contribution in [-0.2, 0) is 19.6 Å². The van der Waals surface area contributed by atoms with Gasteiger partial charge in [-0.15, -0.1) is 0 Å². The van der Waals surface area contributed by atoms with Crippen LogP contribution in [0.2, 0.25) is 5.02 Å².